The fourth-order valence-electron chi connectivity index (χ4n) is 3.53. The van der Waals surface area contributed by atoms with Crippen LogP contribution in [-0.2, 0) is 0 Å². The molecule has 0 bridgehead atoms. The molecule has 1 nitrogen and oxygen atoms in total. The van der Waals surface area contributed by atoms with Crippen LogP contribution >= 0.6 is 0 Å². The lowest BCUT2D eigenvalue weighted by Gasteiger charge is -2.37. The molecule has 0 heterocycles. The maximum atomic E-state index is 2.45. The minimum Gasteiger partial charge on any atom is -0.306 e. The highest BCUT2D eigenvalue weighted by Crippen LogP contribution is 2.35. The molecule has 3 unspecified atom stereocenters. The first-order chi connectivity index (χ1) is 8.19. The van der Waals surface area contributed by atoms with Gasteiger partial charge in [0.15, 0.2) is 0 Å². The summed E-state index contributed by atoms with van der Waals surface area (Å²) in [6, 6.07) is 0.856. The molecule has 0 saturated heterocycles. The van der Waals surface area contributed by atoms with E-state index in [0.717, 1.165) is 17.9 Å². The quantitative estimate of drug-likeness (QED) is 0.581. The molecule has 1 saturated carbocycles. The van der Waals surface area contributed by atoms with Gasteiger partial charge in [0, 0.05) is 6.04 Å². The molecular formula is C16H33N. The SMILES string of the molecule is CCCCCC(CC)C1CCCC(N(C)C)C1. The van der Waals surface area contributed by atoms with Gasteiger partial charge in [0.2, 0.25) is 0 Å². The topological polar surface area (TPSA) is 3.24 Å². The fourth-order valence-corrected chi connectivity index (χ4v) is 3.53. The molecule has 0 aromatic rings. The van der Waals surface area contributed by atoms with Crippen LogP contribution in [-0.4, -0.2) is 25.0 Å². The molecule has 0 amide bonds. The smallest absolute Gasteiger partial charge is 0.00919 e. The standard InChI is InChI=1S/C16H33N/c1-5-7-8-10-14(6-2)15-11-9-12-16(13-15)17(3)4/h14-16H,5-13H2,1-4H3. The molecule has 3 atom stereocenters. The number of unbranched alkanes of at least 4 members (excludes halogenated alkanes) is 2. The van der Waals surface area contributed by atoms with Crippen LogP contribution in [0.25, 0.3) is 0 Å². The van der Waals surface area contributed by atoms with E-state index < -0.39 is 0 Å². The van der Waals surface area contributed by atoms with Crippen molar-refractivity contribution in [1.82, 2.24) is 4.90 Å². The second-order valence-corrected chi connectivity index (χ2v) is 6.21. The summed E-state index contributed by atoms with van der Waals surface area (Å²) in [4.78, 5) is 2.45. The maximum absolute atomic E-state index is 2.45. The van der Waals surface area contributed by atoms with E-state index >= 15 is 0 Å². The van der Waals surface area contributed by atoms with Crippen LogP contribution < -0.4 is 0 Å². The van der Waals surface area contributed by atoms with Gasteiger partial charge in [-0.1, -0.05) is 58.8 Å². The van der Waals surface area contributed by atoms with Crippen LogP contribution in [0.1, 0.15) is 71.6 Å². The van der Waals surface area contributed by atoms with Gasteiger partial charge in [-0.25, -0.2) is 0 Å². The van der Waals surface area contributed by atoms with Gasteiger partial charge >= 0.3 is 0 Å². The van der Waals surface area contributed by atoms with Crippen molar-refractivity contribution in [3.8, 4) is 0 Å². The summed E-state index contributed by atoms with van der Waals surface area (Å²) >= 11 is 0. The molecule has 0 N–H and O–H groups in total. The van der Waals surface area contributed by atoms with Gasteiger partial charge in [-0.05, 0) is 38.8 Å². The highest BCUT2D eigenvalue weighted by atomic mass is 15.1. The summed E-state index contributed by atoms with van der Waals surface area (Å²) in [7, 11) is 4.51. The van der Waals surface area contributed by atoms with Crippen molar-refractivity contribution < 1.29 is 0 Å². The van der Waals surface area contributed by atoms with Crippen LogP contribution in [0, 0.1) is 11.8 Å². The molecule has 1 heteroatoms. The van der Waals surface area contributed by atoms with Gasteiger partial charge in [0.05, 0.1) is 0 Å². The molecule has 17 heavy (non-hydrogen) atoms. The van der Waals surface area contributed by atoms with E-state index in [0.29, 0.717) is 0 Å². The van der Waals surface area contributed by atoms with Crippen LogP contribution in [0.2, 0.25) is 0 Å². The van der Waals surface area contributed by atoms with E-state index in [1.54, 1.807) is 0 Å². The Balaban J connectivity index is 2.39. The van der Waals surface area contributed by atoms with Crippen LogP contribution in [0.15, 0.2) is 0 Å². The van der Waals surface area contributed by atoms with E-state index in [1.165, 1.54) is 57.8 Å². The summed E-state index contributed by atoms with van der Waals surface area (Å²) in [5, 5.41) is 0. The Hall–Kier alpha value is -0.0400. The minimum atomic E-state index is 0.856. The first-order valence-corrected chi connectivity index (χ1v) is 7.85. The third-order valence-electron chi connectivity index (χ3n) is 4.79. The zero-order valence-corrected chi connectivity index (χ0v) is 12.5. The Kier molecular flexibility index (Phi) is 7.18. The normalized spacial score (nSPS) is 27.4. The average molecular weight is 239 g/mol. The van der Waals surface area contributed by atoms with Crippen molar-refractivity contribution in [2.75, 3.05) is 14.1 Å². The van der Waals surface area contributed by atoms with Crippen molar-refractivity contribution in [3.63, 3.8) is 0 Å². The zero-order chi connectivity index (χ0) is 12.7. The molecule has 102 valence electrons. The summed E-state index contributed by atoms with van der Waals surface area (Å²) < 4.78 is 0. The molecule has 1 aliphatic rings. The number of hydrogen-bond acceptors (Lipinski definition) is 1. The summed E-state index contributed by atoms with van der Waals surface area (Å²) in [5.74, 6) is 2.02. The molecule has 0 aromatic carbocycles. The molecule has 1 aliphatic carbocycles. The Morgan fingerprint density at radius 1 is 1.12 bits per heavy atom. The van der Waals surface area contributed by atoms with Gasteiger partial charge < -0.3 is 4.90 Å². The van der Waals surface area contributed by atoms with Gasteiger partial charge in [0.1, 0.15) is 0 Å². The first kappa shape index (κ1) is 15.0. The third kappa shape index (κ3) is 4.99. The largest absolute Gasteiger partial charge is 0.306 e. The Labute approximate surface area is 109 Å². The van der Waals surface area contributed by atoms with E-state index in [4.69, 9.17) is 0 Å². The molecule has 0 aliphatic heterocycles. The predicted molar refractivity (Wildman–Crippen MR) is 77.4 cm³/mol. The monoisotopic (exact) mass is 239 g/mol. The number of nitrogens with zero attached hydrogens (tertiary/aromatic N) is 1. The lowest BCUT2D eigenvalue weighted by atomic mass is 9.74. The Morgan fingerprint density at radius 2 is 1.88 bits per heavy atom. The Bertz CT molecular complexity index is 188. The highest BCUT2D eigenvalue weighted by molar-refractivity contribution is 4.81. The lowest BCUT2D eigenvalue weighted by molar-refractivity contribution is 0.139. The summed E-state index contributed by atoms with van der Waals surface area (Å²) in [6.45, 7) is 4.71. The summed E-state index contributed by atoms with van der Waals surface area (Å²) in [5.41, 5.74) is 0. The Morgan fingerprint density at radius 3 is 2.47 bits per heavy atom. The highest BCUT2D eigenvalue weighted by Gasteiger charge is 2.27. The van der Waals surface area contributed by atoms with Crippen molar-refractivity contribution in [3.05, 3.63) is 0 Å². The van der Waals surface area contributed by atoms with Crippen molar-refractivity contribution >= 4 is 0 Å². The zero-order valence-electron chi connectivity index (χ0n) is 12.5. The van der Waals surface area contributed by atoms with Crippen molar-refractivity contribution in [2.45, 2.75) is 77.7 Å². The van der Waals surface area contributed by atoms with Crippen LogP contribution in [0.4, 0.5) is 0 Å². The molecule has 0 radical (unpaired) electrons. The summed E-state index contributed by atoms with van der Waals surface area (Å²) in [6.07, 6.45) is 13.0. The van der Waals surface area contributed by atoms with Crippen LogP contribution in [0.5, 0.6) is 0 Å². The van der Waals surface area contributed by atoms with E-state index in [1.807, 2.05) is 0 Å². The molecular weight excluding hydrogens is 206 g/mol. The van der Waals surface area contributed by atoms with Gasteiger partial charge in [-0.2, -0.15) is 0 Å². The first-order valence-electron chi connectivity index (χ1n) is 7.85. The fraction of sp³-hybridized carbons (Fsp3) is 1.00. The molecule has 1 rings (SSSR count). The number of hydrogen-bond donors (Lipinski definition) is 0. The van der Waals surface area contributed by atoms with Gasteiger partial charge in [-0.3, -0.25) is 0 Å². The second-order valence-electron chi connectivity index (χ2n) is 6.21. The average Bonchev–Trinajstić information content (AvgIpc) is 2.35. The van der Waals surface area contributed by atoms with E-state index in [-0.39, 0.29) is 0 Å². The van der Waals surface area contributed by atoms with E-state index in [2.05, 4.69) is 32.8 Å². The molecule has 0 spiro atoms. The third-order valence-corrected chi connectivity index (χ3v) is 4.79. The van der Waals surface area contributed by atoms with Crippen molar-refractivity contribution in [1.29, 1.82) is 0 Å². The van der Waals surface area contributed by atoms with Crippen molar-refractivity contribution in [2.24, 2.45) is 11.8 Å². The van der Waals surface area contributed by atoms with Gasteiger partial charge in [-0.15, -0.1) is 0 Å². The maximum Gasteiger partial charge on any atom is 0.00919 e. The number of rotatable bonds is 7. The predicted octanol–water partition coefficient (Wildman–Crippen LogP) is 4.71. The minimum absolute atomic E-state index is 0.856. The van der Waals surface area contributed by atoms with Crippen LogP contribution in [0.3, 0.4) is 0 Å². The second kappa shape index (κ2) is 8.13. The van der Waals surface area contributed by atoms with E-state index in [9.17, 15) is 0 Å². The molecule has 1 fully saturated rings. The molecule has 0 aromatic heterocycles. The van der Waals surface area contributed by atoms with Gasteiger partial charge in [0.25, 0.3) is 0 Å². The lowest BCUT2D eigenvalue weighted by Crippen LogP contribution is -2.35.